The maximum absolute atomic E-state index is 2.45. The summed E-state index contributed by atoms with van der Waals surface area (Å²) >= 11 is 0. The van der Waals surface area contributed by atoms with Crippen molar-refractivity contribution in [1.29, 1.82) is 0 Å². The summed E-state index contributed by atoms with van der Waals surface area (Å²) in [6, 6.07) is 92.7. The van der Waals surface area contributed by atoms with Crippen molar-refractivity contribution in [1.82, 2.24) is 4.57 Å². The molecule has 0 N–H and O–H groups in total. The maximum atomic E-state index is 2.45. The van der Waals surface area contributed by atoms with Crippen molar-refractivity contribution < 1.29 is 0 Å². The number of rotatable bonds is 8. The fourth-order valence-electron chi connectivity index (χ4n) is 9.85. The van der Waals surface area contributed by atoms with E-state index < -0.39 is 0 Å². The van der Waals surface area contributed by atoms with Gasteiger partial charge in [0, 0.05) is 33.4 Å². The minimum atomic E-state index is 1.08. The molecule has 12 rings (SSSR count). The SMILES string of the molecule is c1ccc(-c2cccc(-n3c4ccccc4c4ccccc43)c2-c2ccc(N(c3ccc(-c4cccc5ccccc45)cc3)c3cccc(-c4cccc5ccccc45)c3)cc2)cc1. The molecule has 0 atom stereocenters. The van der Waals surface area contributed by atoms with Gasteiger partial charge in [0.05, 0.1) is 16.7 Å². The van der Waals surface area contributed by atoms with Crippen LogP contribution in [0.4, 0.5) is 17.1 Å². The number of para-hydroxylation sites is 2. The number of anilines is 3. The van der Waals surface area contributed by atoms with Crippen molar-refractivity contribution in [3.8, 4) is 50.2 Å². The van der Waals surface area contributed by atoms with Gasteiger partial charge in [-0.1, -0.05) is 200 Å². The number of nitrogens with zero attached hydrogens (tertiary/aromatic N) is 2. The first-order chi connectivity index (χ1) is 31.8. The van der Waals surface area contributed by atoms with E-state index in [2.05, 4.69) is 264 Å². The Kier molecular flexibility index (Phi) is 9.20. The predicted molar refractivity (Wildman–Crippen MR) is 272 cm³/mol. The number of hydrogen-bond donors (Lipinski definition) is 0. The summed E-state index contributed by atoms with van der Waals surface area (Å²) in [5.41, 5.74) is 16.3. The molecule has 1 heterocycles. The van der Waals surface area contributed by atoms with Crippen LogP contribution in [0.25, 0.3) is 93.5 Å². The van der Waals surface area contributed by atoms with E-state index >= 15 is 0 Å². The molecular formula is C62H42N2. The van der Waals surface area contributed by atoms with Crippen LogP contribution in [0.15, 0.2) is 255 Å². The smallest absolute Gasteiger partial charge is 0.0546 e. The molecule has 2 heteroatoms. The molecule has 0 unspecified atom stereocenters. The van der Waals surface area contributed by atoms with Crippen molar-refractivity contribution in [3.63, 3.8) is 0 Å². The highest BCUT2D eigenvalue weighted by molar-refractivity contribution is 6.10. The van der Waals surface area contributed by atoms with E-state index in [0.29, 0.717) is 0 Å². The lowest BCUT2D eigenvalue weighted by Crippen LogP contribution is -2.10. The molecule has 11 aromatic carbocycles. The fraction of sp³-hybridized carbons (Fsp3) is 0. The van der Waals surface area contributed by atoms with Crippen LogP contribution < -0.4 is 4.90 Å². The summed E-state index contributed by atoms with van der Waals surface area (Å²) in [5.74, 6) is 0. The third-order valence-electron chi connectivity index (χ3n) is 12.8. The minimum absolute atomic E-state index is 1.08. The van der Waals surface area contributed by atoms with Gasteiger partial charge in [-0.25, -0.2) is 0 Å². The van der Waals surface area contributed by atoms with Gasteiger partial charge >= 0.3 is 0 Å². The molecular weight excluding hydrogens is 773 g/mol. The van der Waals surface area contributed by atoms with Gasteiger partial charge in [0.2, 0.25) is 0 Å². The van der Waals surface area contributed by atoms with Crippen molar-refractivity contribution in [3.05, 3.63) is 255 Å². The Hall–Kier alpha value is -8.46. The molecule has 1 aromatic heterocycles. The summed E-state index contributed by atoms with van der Waals surface area (Å²) in [5, 5.41) is 7.47. The average molecular weight is 815 g/mol. The van der Waals surface area contributed by atoms with E-state index in [1.54, 1.807) is 0 Å². The Morgan fingerprint density at radius 2 is 0.703 bits per heavy atom. The summed E-state index contributed by atoms with van der Waals surface area (Å²) in [7, 11) is 0. The molecule has 0 aliphatic rings. The lowest BCUT2D eigenvalue weighted by molar-refractivity contribution is 1.18. The number of hydrogen-bond acceptors (Lipinski definition) is 1. The van der Waals surface area contributed by atoms with Crippen LogP contribution in [0, 0.1) is 0 Å². The Morgan fingerprint density at radius 1 is 0.266 bits per heavy atom. The highest BCUT2D eigenvalue weighted by Crippen LogP contribution is 2.44. The normalized spacial score (nSPS) is 11.4. The van der Waals surface area contributed by atoms with Crippen LogP contribution in [-0.2, 0) is 0 Å². The highest BCUT2D eigenvalue weighted by Gasteiger charge is 2.20. The van der Waals surface area contributed by atoms with Gasteiger partial charge in [-0.2, -0.15) is 0 Å². The van der Waals surface area contributed by atoms with Crippen LogP contribution in [0.2, 0.25) is 0 Å². The summed E-state index contributed by atoms with van der Waals surface area (Å²) in [6.07, 6.45) is 0. The quantitative estimate of drug-likeness (QED) is 0.148. The molecule has 0 radical (unpaired) electrons. The van der Waals surface area contributed by atoms with Gasteiger partial charge in [-0.05, 0) is 115 Å². The Morgan fingerprint density at radius 3 is 1.33 bits per heavy atom. The van der Waals surface area contributed by atoms with E-state index in [9.17, 15) is 0 Å². The first-order valence-electron chi connectivity index (χ1n) is 22.0. The maximum Gasteiger partial charge on any atom is 0.0546 e. The first-order valence-corrected chi connectivity index (χ1v) is 22.0. The summed E-state index contributed by atoms with van der Waals surface area (Å²) < 4.78 is 2.45. The molecule has 0 bridgehead atoms. The Bertz CT molecular complexity index is 3590. The molecule has 2 nitrogen and oxygen atoms in total. The van der Waals surface area contributed by atoms with Crippen molar-refractivity contribution in [2.45, 2.75) is 0 Å². The van der Waals surface area contributed by atoms with Crippen molar-refractivity contribution in [2.75, 3.05) is 4.90 Å². The minimum Gasteiger partial charge on any atom is -0.310 e. The van der Waals surface area contributed by atoms with E-state index in [4.69, 9.17) is 0 Å². The lowest BCUT2D eigenvalue weighted by Gasteiger charge is -2.27. The largest absolute Gasteiger partial charge is 0.310 e. The van der Waals surface area contributed by atoms with Gasteiger partial charge in [-0.3, -0.25) is 0 Å². The number of fused-ring (bicyclic) bond motifs is 5. The van der Waals surface area contributed by atoms with Crippen LogP contribution >= 0.6 is 0 Å². The zero-order valence-electron chi connectivity index (χ0n) is 35.1. The molecule has 0 saturated heterocycles. The molecule has 12 aromatic rings. The van der Waals surface area contributed by atoms with Gasteiger partial charge in [0.15, 0.2) is 0 Å². The van der Waals surface area contributed by atoms with E-state index in [1.807, 2.05) is 0 Å². The average Bonchev–Trinajstić information content (AvgIpc) is 3.71. The summed E-state index contributed by atoms with van der Waals surface area (Å²) in [6.45, 7) is 0. The molecule has 0 aliphatic carbocycles. The summed E-state index contributed by atoms with van der Waals surface area (Å²) in [4.78, 5) is 2.39. The Labute approximate surface area is 373 Å². The third kappa shape index (κ3) is 6.44. The van der Waals surface area contributed by atoms with Crippen LogP contribution in [0.1, 0.15) is 0 Å². The molecule has 64 heavy (non-hydrogen) atoms. The van der Waals surface area contributed by atoms with Gasteiger partial charge in [-0.15, -0.1) is 0 Å². The number of aromatic nitrogens is 1. The zero-order valence-corrected chi connectivity index (χ0v) is 35.1. The topological polar surface area (TPSA) is 8.17 Å². The van der Waals surface area contributed by atoms with Gasteiger partial charge in [0.25, 0.3) is 0 Å². The second kappa shape index (κ2) is 15.8. The monoisotopic (exact) mass is 814 g/mol. The number of benzene rings is 11. The van der Waals surface area contributed by atoms with Gasteiger partial charge < -0.3 is 9.47 Å². The van der Waals surface area contributed by atoms with Crippen molar-refractivity contribution >= 4 is 60.4 Å². The molecule has 0 fully saturated rings. The predicted octanol–water partition coefficient (Wildman–Crippen LogP) is 17.2. The fourth-order valence-corrected chi connectivity index (χ4v) is 9.85. The molecule has 0 amide bonds. The molecule has 0 saturated carbocycles. The lowest BCUT2D eigenvalue weighted by atomic mass is 9.92. The van der Waals surface area contributed by atoms with E-state index in [0.717, 1.165) is 28.3 Å². The van der Waals surface area contributed by atoms with E-state index in [-0.39, 0.29) is 0 Å². The second-order valence-corrected chi connectivity index (χ2v) is 16.5. The van der Waals surface area contributed by atoms with Gasteiger partial charge in [0.1, 0.15) is 0 Å². The molecule has 300 valence electrons. The second-order valence-electron chi connectivity index (χ2n) is 16.5. The van der Waals surface area contributed by atoms with Crippen LogP contribution in [-0.4, -0.2) is 4.57 Å². The standard InChI is InChI=1S/C62H42N2/c1-2-16-45(17-3-1)56-30-15-33-61(64-59-31-10-8-26-57(59)58-27-9-11-32-60(58)64)62(56)47-36-40-50(41-37-47)63(49-38-34-46(35-39-49)54-28-13-20-43-18-4-6-24-52(43)54)51-23-12-22-48(42-51)55-29-14-21-44-19-5-7-25-53(44)55/h1-42H. The molecule has 0 spiro atoms. The first kappa shape index (κ1) is 37.3. The van der Waals surface area contributed by atoms with Crippen LogP contribution in [0.3, 0.4) is 0 Å². The van der Waals surface area contributed by atoms with Crippen LogP contribution in [0.5, 0.6) is 0 Å². The molecule has 0 aliphatic heterocycles. The van der Waals surface area contributed by atoms with E-state index in [1.165, 1.54) is 82.3 Å². The highest BCUT2D eigenvalue weighted by atomic mass is 15.1. The van der Waals surface area contributed by atoms with Crippen molar-refractivity contribution in [2.24, 2.45) is 0 Å². The third-order valence-corrected chi connectivity index (χ3v) is 12.8. The zero-order chi connectivity index (χ0) is 42.4. The Balaban J connectivity index is 1.03.